The van der Waals surface area contributed by atoms with Crippen molar-refractivity contribution in [2.45, 2.75) is 245 Å². The van der Waals surface area contributed by atoms with Gasteiger partial charge in [0.2, 0.25) is 0 Å². The van der Waals surface area contributed by atoms with Crippen LogP contribution < -0.4 is 0 Å². The number of allylic oxidation sites excluding steroid dienone is 8. The zero-order valence-corrected chi connectivity index (χ0v) is 39.0. The van der Waals surface area contributed by atoms with Crippen molar-refractivity contribution < 1.29 is 37.9 Å². The molecule has 0 rings (SSSR count). The maximum atomic E-state index is 12.5. The molecule has 59 heavy (non-hydrogen) atoms. The molecule has 0 aromatic heterocycles. The van der Waals surface area contributed by atoms with Crippen molar-refractivity contribution in [3.63, 3.8) is 0 Å². The lowest BCUT2D eigenvalue weighted by atomic mass is 10.0. The smallest absolute Gasteiger partial charge is 0.462 e. The fourth-order valence-electron chi connectivity index (χ4n) is 6.95. The number of hydrogen-bond acceptors (Lipinski definition) is 6. The molecule has 0 aliphatic carbocycles. The lowest BCUT2D eigenvalue weighted by Gasteiger charge is -2.18. The van der Waals surface area contributed by atoms with Crippen molar-refractivity contribution in [2.24, 2.45) is 0 Å². The van der Waals surface area contributed by atoms with E-state index in [0.29, 0.717) is 12.8 Å². The minimum Gasteiger partial charge on any atom is -0.462 e. The van der Waals surface area contributed by atoms with E-state index in [9.17, 15) is 14.2 Å². The van der Waals surface area contributed by atoms with Crippen LogP contribution in [0.15, 0.2) is 48.6 Å². The first-order chi connectivity index (χ1) is 28.8. The Bertz CT molecular complexity index is 1090. The Labute approximate surface area is 363 Å². The quantitative estimate of drug-likeness (QED) is 0.0269. The van der Waals surface area contributed by atoms with E-state index in [1.807, 2.05) is 0 Å². The van der Waals surface area contributed by atoms with E-state index in [0.717, 1.165) is 57.8 Å². The summed E-state index contributed by atoms with van der Waals surface area (Å²) in [6, 6.07) is 0. The Hall–Kier alpha value is -1.99. The van der Waals surface area contributed by atoms with E-state index in [2.05, 4.69) is 67.0 Å². The normalized spacial score (nSPS) is 12.8. The molecule has 0 saturated carbocycles. The highest BCUT2D eigenvalue weighted by atomic mass is 31.2. The lowest BCUT2D eigenvalue weighted by molar-refractivity contribution is -0.161. The molecule has 344 valence electrons. The van der Waals surface area contributed by atoms with Crippen molar-refractivity contribution >= 4 is 19.8 Å². The summed E-state index contributed by atoms with van der Waals surface area (Å²) < 4.78 is 26.5. The van der Waals surface area contributed by atoms with Crippen molar-refractivity contribution in [3.05, 3.63) is 48.6 Å². The van der Waals surface area contributed by atoms with Gasteiger partial charge in [-0.25, -0.2) is 4.57 Å². The predicted octanol–water partition coefficient (Wildman–Crippen LogP) is 15.5. The highest BCUT2D eigenvalue weighted by Crippen LogP contribution is 2.36. The largest absolute Gasteiger partial charge is 0.469 e. The molecule has 0 saturated heterocycles. The number of rotatable bonds is 45. The maximum absolute atomic E-state index is 12.5. The van der Waals surface area contributed by atoms with Crippen LogP contribution in [0.2, 0.25) is 0 Å². The summed E-state index contributed by atoms with van der Waals surface area (Å²) in [5.74, 6) is -0.912. The van der Waals surface area contributed by atoms with Gasteiger partial charge in [0, 0.05) is 12.8 Å². The summed E-state index contributed by atoms with van der Waals surface area (Å²) in [6.07, 6.45) is 57.0. The van der Waals surface area contributed by atoms with Crippen LogP contribution in [-0.4, -0.2) is 41.0 Å². The minimum atomic E-state index is -4.77. The van der Waals surface area contributed by atoms with Crippen molar-refractivity contribution in [1.29, 1.82) is 0 Å². The topological polar surface area (TPSA) is 119 Å². The first-order valence-electron chi connectivity index (χ1n) is 24.4. The molecule has 0 fully saturated rings. The van der Waals surface area contributed by atoms with Gasteiger partial charge in [0.15, 0.2) is 6.10 Å². The molecule has 0 spiro atoms. The standard InChI is InChI=1S/C50H91O8P/c1-3-5-7-9-11-13-15-17-19-21-23-24-25-27-29-31-33-35-37-39-41-43-45-50(52)58-48(47-57-59(53,54)55)46-56-49(51)44-42-40-38-36-34-32-30-28-26-22-20-18-16-14-12-10-8-6-4-2/h12,14,18,20,26,28,32,34,48H,3-11,13,15-17,19,21-25,27,29-31,33,35-47H2,1-2H3,(H2,53,54,55)/b14-12+,20-18+,28-26+,34-32+/t48-/m1/s1. The number of carbonyl (C=O) groups is 2. The molecule has 0 heterocycles. The molecule has 0 unspecified atom stereocenters. The van der Waals surface area contributed by atoms with Crippen molar-refractivity contribution in [1.82, 2.24) is 0 Å². The van der Waals surface area contributed by atoms with Crippen LogP contribution in [0.4, 0.5) is 0 Å². The number of ether oxygens (including phenoxy) is 2. The number of hydrogen-bond donors (Lipinski definition) is 2. The van der Waals surface area contributed by atoms with Gasteiger partial charge >= 0.3 is 19.8 Å². The Morgan fingerprint density at radius 3 is 1.17 bits per heavy atom. The number of phosphoric acid groups is 1. The average molecular weight is 851 g/mol. The zero-order chi connectivity index (χ0) is 43.2. The highest BCUT2D eigenvalue weighted by molar-refractivity contribution is 7.46. The van der Waals surface area contributed by atoms with E-state index in [1.165, 1.54) is 141 Å². The zero-order valence-electron chi connectivity index (χ0n) is 38.2. The van der Waals surface area contributed by atoms with Gasteiger partial charge < -0.3 is 19.3 Å². The molecule has 0 aliphatic rings. The molecular weight excluding hydrogens is 760 g/mol. The molecule has 8 nitrogen and oxygen atoms in total. The Morgan fingerprint density at radius 1 is 0.441 bits per heavy atom. The van der Waals surface area contributed by atoms with E-state index in [1.54, 1.807) is 0 Å². The average Bonchev–Trinajstić information content (AvgIpc) is 3.21. The fourth-order valence-corrected chi connectivity index (χ4v) is 7.31. The Balaban J connectivity index is 3.88. The van der Waals surface area contributed by atoms with Gasteiger partial charge in [0.25, 0.3) is 0 Å². The first kappa shape index (κ1) is 57.0. The van der Waals surface area contributed by atoms with E-state index in [-0.39, 0.29) is 19.4 Å². The van der Waals surface area contributed by atoms with Crippen LogP contribution in [-0.2, 0) is 28.2 Å². The van der Waals surface area contributed by atoms with Gasteiger partial charge in [-0.3, -0.25) is 14.1 Å². The third-order valence-electron chi connectivity index (χ3n) is 10.6. The molecule has 0 aliphatic heterocycles. The minimum absolute atomic E-state index is 0.207. The van der Waals surface area contributed by atoms with Crippen molar-refractivity contribution in [2.75, 3.05) is 13.2 Å². The Kier molecular flexibility index (Phi) is 44.0. The fraction of sp³-hybridized carbons (Fsp3) is 0.800. The van der Waals surface area contributed by atoms with Gasteiger partial charge in [-0.05, 0) is 57.8 Å². The monoisotopic (exact) mass is 851 g/mol. The number of phosphoric ester groups is 1. The molecule has 1 atom stereocenters. The van der Waals surface area contributed by atoms with Crippen LogP contribution in [0.3, 0.4) is 0 Å². The van der Waals surface area contributed by atoms with E-state index in [4.69, 9.17) is 19.3 Å². The maximum Gasteiger partial charge on any atom is 0.469 e. The molecule has 0 amide bonds. The third-order valence-corrected chi connectivity index (χ3v) is 11.1. The molecule has 9 heteroatoms. The van der Waals surface area contributed by atoms with Crippen LogP contribution in [0.25, 0.3) is 0 Å². The molecular formula is C50H91O8P. The van der Waals surface area contributed by atoms with Gasteiger partial charge in [-0.15, -0.1) is 0 Å². The summed E-state index contributed by atoms with van der Waals surface area (Å²) in [6.45, 7) is 3.66. The summed E-state index contributed by atoms with van der Waals surface area (Å²) >= 11 is 0. The molecule has 0 bridgehead atoms. The van der Waals surface area contributed by atoms with Crippen LogP contribution >= 0.6 is 7.82 Å². The third kappa shape index (κ3) is 48.6. The summed E-state index contributed by atoms with van der Waals surface area (Å²) in [7, 11) is -4.77. The van der Waals surface area contributed by atoms with E-state index >= 15 is 0 Å². The summed E-state index contributed by atoms with van der Waals surface area (Å²) in [5.41, 5.74) is 0. The molecule has 2 N–H and O–H groups in total. The van der Waals surface area contributed by atoms with Gasteiger partial charge in [-0.2, -0.15) is 0 Å². The lowest BCUT2D eigenvalue weighted by Crippen LogP contribution is -2.29. The van der Waals surface area contributed by atoms with E-state index < -0.39 is 32.5 Å². The van der Waals surface area contributed by atoms with Gasteiger partial charge in [-0.1, -0.05) is 217 Å². The summed E-state index contributed by atoms with van der Waals surface area (Å²) in [4.78, 5) is 43.0. The first-order valence-corrected chi connectivity index (χ1v) is 26.0. The van der Waals surface area contributed by atoms with Crippen molar-refractivity contribution in [3.8, 4) is 0 Å². The second kappa shape index (κ2) is 45.5. The summed E-state index contributed by atoms with van der Waals surface area (Å²) in [5, 5.41) is 0. The molecule has 0 radical (unpaired) electrons. The van der Waals surface area contributed by atoms with Crippen LogP contribution in [0, 0.1) is 0 Å². The predicted molar refractivity (Wildman–Crippen MR) is 248 cm³/mol. The Morgan fingerprint density at radius 2 is 0.763 bits per heavy atom. The molecule has 0 aromatic rings. The second-order valence-electron chi connectivity index (χ2n) is 16.4. The number of esters is 2. The highest BCUT2D eigenvalue weighted by Gasteiger charge is 2.23. The second-order valence-corrected chi connectivity index (χ2v) is 17.7. The molecule has 0 aromatic carbocycles. The number of carbonyl (C=O) groups excluding carboxylic acids is 2. The van der Waals surface area contributed by atoms with Crippen LogP contribution in [0.1, 0.15) is 239 Å². The van der Waals surface area contributed by atoms with Crippen LogP contribution in [0.5, 0.6) is 0 Å². The van der Waals surface area contributed by atoms with Gasteiger partial charge in [0.1, 0.15) is 6.61 Å². The SMILES string of the molecule is CCCCC/C=C/C/C=C/C/C=C/C/C=C/CCCCCC(=O)OC[C@H](COP(=O)(O)O)OC(=O)CCCCCCCCCCCCCCCCCCCCCCCC. The van der Waals surface area contributed by atoms with Gasteiger partial charge in [0.05, 0.1) is 6.61 Å². The number of unbranched alkanes of at least 4 members (excludes halogenated alkanes) is 27.